The molecule has 0 unspecified atom stereocenters. The van der Waals surface area contributed by atoms with Crippen LogP contribution in [0.5, 0.6) is 0 Å². The van der Waals surface area contributed by atoms with E-state index < -0.39 is 23.3 Å². The Kier molecular flexibility index (Phi) is 4.26. The van der Waals surface area contributed by atoms with E-state index in [1.807, 2.05) is 0 Å². The molecule has 1 aromatic rings. The van der Waals surface area contributed by atoms with Crippen LogP contribution in [-0.2, 0) is 9.59 Å². The maximum absolute atomic E-state index is 13.1. The molecule has 2 fully saturated rings. The van der Waals surface area contributed by atoms with E-state index in [-0.39, 0.29) is 18.1 Å². The Bertz CT molecular complexity index is 683. The predicted octanol–water partition coefficient (Wildman–Crippen LogP) is 2.26. The molecule has 1 aliphatic carbocycles. The molecule has 128 valence electrons. The quantitative estimate of drug-likeness (QED) is 0.833. The van der Waals surface area contributed by atoms with Crippen LogP contribution in [0.25, 0.3) is 0 Å². The lowest BCUT2D eigenvalue weighted by Gasteiger charge is -2.33. The Labute approximate surface area is 139 Å². The van der Waals surface area contributed by atoms with Gasteiger partial charge in [0.25, 0.3) is 5.91 Å². The minimum absolute atomic E-state index is 0.285. The Balaban J connectivity index is 1.65. The van der Waals surface area contributed by atoms with Crippen LogP contribution in [0.3, 0.4) is 0 Å². The molecule has 7 heteroatoms. The summed E-state index contributed by atoms with van der Waals surface area (Å²) in [6.45, 7) is 1.75. The second kappa shape index (κ2) is 6.22. The van der Waals surface area contributed by atoms with Gasteiger partial charge in [-0.1, -0.05) is 13.0 Å². The van der Waals surface area contributed by atoms with E-state index in [9.17, 15) is 18.8 Å². The van der Waals surface area contributed by atoms with E-state index in [1.54, 1.807) is 0 Å². The molecule has 1 spiro atoms. The Morgan fingerprint density at radius 2 is 2.08 bits per heavy atom. The topological polar surface area (TPSA) is 78.5 Å². The number of nitrogens with one attached hydrogen (secondary N) is 2. The number of rotatable bonds is 3. The first kappa shape index (κ1) is 16.4. The third-order valence-corrected chi connectivity index (χ3v) is 4.78. The molecule has 1 aromatic carbocycles. The SMILES string of the molecule is CC1CCC2(CC1)NC(=O)N(CC(=O)Nc1cccc(F)c1)C2=O. The molecule has 1 heterocycles. The van der Waals surface area contributed by atoms with Crippen molar-refractivity contribution < 1.29 is 18.8 Å². The number of hydrogen-bond acceptors (Lipinski definition) is 3. The summed E-state index contributed by atoms with van der Waals surface area (Å²) in [7, 11) is 0. The van der Waals surface area contributed by atoms with Crippen molar-refractivity contribution in [2.24, 2.45) is 5.92 Å². The van der Waals surface area contributed by atoms with Gasteiger partial charge in [0.05, 0.1) is 0 Å². The fourth-order valence-electron chi connectivity index (χ4n) is 3.32. The molecule has 2 N–H and O–H groups in total. The average Bonchev–Trinajstić information content (AvgIpc) is 2.75. The van der Waals surface area contributed by atoms with Gasteiger partial charge in [-0.15, -0.1) is 0 Å². The van der Waals surface area contributed by atoms with Crippen molar-refractivity contribution in [3.05, 3.63) is 30.1 Å². The summed E-state index contributed by atoms with van der Waals surface area (Å²) >= 11 is 0. The number of carbonyl (C=O) groups is 3. The normalized spacial score (nSPS) is 26.6. The highest BCUT2D eigenvalue weighted by molar-refractivity contribution is 6.10. The lowest BCUT2D eigenvalue weighted by molar-refractivity contribution is -0.135. The van der Waals surface area contributed by atoms with Crippen LogP contribution in [0, 0.1) is 11.7 Å². The molecular formula is C17H20FN3O3. The molecule has 3 rings (SSSR count). The minimum atomic E-state index is -0.858. The lowest BCUT2D eigenvalue weighted by Crippen LogP contribution is -2.49. The van der Waals surface area contributed by atoms with Crippen molar-refractivity contribution in [1.29, 1.82) is 0 Å². The molecule has 0 radical (unpaired) electrons. The second-order valence-corrected chi connectivity index (χ2v) is 6.64. The van der Waals surface area contributed by atoms with Gasteiger partial charge >= 0.3 is 6.03 Å². The van der Waals surface area contributed by atoms with Crippen LogP contribution >= 0.6 is 0 Å². The van der Waals surface area contributed by atoms with E-state index in [2.05, 4.69) is 17.6 Å². The van der Waals surface area contributed by atoms with Gasteiger partial charge in [0.2, 0.25) is 5.91 Å². The highest BCUT2D eigenvalue weighted by atomic mass is 19.1. The van der Waals surface area contributed by atoms with E-state index >= 15 is 0 Å². The van der Waals surface area contributed by atoms with Crippen LogP contribution in [0.2, 0.25) is 0 Å². The van der Waals surface area contributed by atoms with Crippen molar-refractivity contribution in [3.63, 3.8) is 0 Å². The lowest BCUT2D eigenvalue weighted by atomic mass is 9.77. The largest absolute Gasteiger partial charge is 0.325 e. The van der Waals surface area contributed by atoms with Gasteiger partial charge in [0.1, 0.15) is 17.9 Å². The number of anilines is 1. The number of carbonyl (C=O) groups excluding carboxylic acids is 3. The van der Waals surface area contributed by atoms with Gasteiger partial charge in [-0.25, -0.2) is 9.18 Å². The molecule has 24 heavy (non-hydrogen) atoms. The van der Waals surface area contributed by atoms with Gasteiger partial charge in [-0.2, -0.15) is 0 Å². The Morgan fingerprint density at radius 3 is 2.75 bits per heavy atom. The molecule has 4 amide bonds. The summed E-state index contributed by atoms with van der Waals surface area (Å²) in [5, 5.41) is 5.26. The highest BCUT2D eigenvalue weighted by Gasteiger charge is 2.52. The summed E-state index contributed by atoms with van der Waals surface area (Å²) < 4.78 is 13.1. The second-order valence-electron chi connectivity index (χ2n) is 6.64. The smallest absolute Gasteiger partial charge is 0.324 e. The molecule has 6 nitrogen and oxygen atoms in total. The number of hydrogen-bond donors (Lipinski definition) is 2. The molecule has 0 aromatic heterocycles. The van der Waals surface area contributed by atoms with Crippen LogP contribution in [0.15, 0.2) is 24.3 Å². The van der Waals surface area contributed by atoms with Crippen molar-refractivity contribution in [2.75, 3.05) is 11.9 Å². The molecule has 0 bridgehead atoms. The van der Waals surface area contributed by atoms with E-state index in [1.165, 1.54) is 24.3 Å². The molecule has 2 aliphatic rings. The number of benzene rings is 1. The molecule has 1 saturated carbocycles. The maximum Gasteiger partial charge on any atom is 0.325 e. The van der Waals surface area contributed by atoms with Gasteiger partial charge in [-0.3, -0.25) is 14.5 Å². The van der Waals surface area contributed by atoms with Crippen LogP contribution in [0.4, 0.5) is 14.9 Å². The third kappa shape index (κ3) is 3.11. The zero-order chi connectivity index (χ0) is 17.3. The number of nitrogens with zero attached hydrogens (tertiary/aromatic N) is 1. The van der Waals surface area contributed by atoms with Crippen molar-refractivity contribution in [1.82, 2.24) is 10.2 Å². The Hall–Kier alpha value is -2.44. The highest BCUT2D eigenvalue weighted by Crippen LogP contribution is 2.36. The number of imide groups is 1. The average molecular weight is 333 g/mol. The third-order valence-electron chi connectivity index (χ3n) is 4.78. The van der Waals surface area contributed by atoms with Gasteiger partial charge in [-0.05, 0) is 49.8 Å². The predicted molar refractivity (Wildman–Crippen MR) is 85.6 cm³/mol. The minimum Gasteiger partial charge on any atom is -0.324 e. The fourth-order valence-corrected chi connectivity index (χ4v) is 3.32. The maximum atomic E-state index is 13.1. The number of urea groups is 1. The first-order valence-corrected chi connectivity index (χ1v) is 8.09. The first-order chi connectivity index (χ1) is 11.4. The summed E-state index contributed by atoms with van der Waals surface area (Å²) in [4.78, 5) is 37.8. The molecule has 1 saturated heterocycles. The van der Waals surface area contributed by atoms with Crippen molar-refractivity contribution in [3.8, 4) is 0 Å². The summed E-state index contributed by atoms with van der Waals surface area (Å²) in [5.41, 5.74) is -0.573. The van der Waals surface area contributed by atoms with E-state index in [0.29, 0.717) is 18.8 Å². The zero-order valence-corrected chi connectivity index (χ0v) is 13.5. The van der Waals surface area contributed by atoms with Gasteiger partial charge in [0, 0.05) is 5.69 Å². The van der Waals surface area contributed by atoms with Crippen molar-refractivity contribution in [2.45, 2.75) is 38.1 Å². The van der Waals surface area contributed by atoms with Gasteiger partial charge in [0.15, 0.2) is 0 Å². The molecule has 1 aliphatic heterocycles. The summed E-state index contributed by atoms with van der Waals surface area (Å²) in [6, 6.07) is 4.91. The van der Waals surface area contributed by atoms with Gasteiger partial charge < -0.3 is 10.6 Å². The molecular weight excluding hydrogens is 313 g/mol. The first-order valence-electron chi connectivity index (χ1n) is 8.09. The summed E-state index contributed by atoms with van der Waals surface area (Å²) in [6.07, 6.45) is 2.94. The standard InChI is InChI=1S/C17H20FN3O3/c1-11-5-7-17(8-6-11)15(23)21(16(24)20-17)10-14(22)19-13-4-2-3-12(18)9-13/h2-4,9,11H,5-8,10H2,1H3,(H,19,22)(H,20,24). The van der Waals surface area contributed by atoms with Crippen LogP contribution in [-0.4, -0.2) is 34.8 Å². The monoisotopic (exact) mass is 333 g/mol. The molecule has 0 atom stereocenters. The fraction of sp³-hybridized carbons (Fsp3) is 0.471. The van der Waals surface area contributed by atoms with Crippen molar-refractivity contribution >= 4 is 23.5 Å². The van der Waals surface area contributed by atoms with E-state index in [4.69, 9.17) is 0 Å². The van der Waals surface area contributed by atoms with Crippen LogP contribution < -0.4 is 10.6 Å². The van der Waals surface area contributed by atoms with Crippen LogP contribution in [0.1, 0.15) is 32.6 Å². The zero-order valence-electron chi connectivity index (χ0n) is 13.5. The summed E-state index contributed by atoms with van der Waals surface area (Å²) in [5.74, 6) is -0.817. The Morgan fingerprint density at radius 1 is 1.38 bits per heavy atom. The number of amides is 4. The van der Waals surface area contributed by atoms with E-state index in [0.717, 1.165) is 17.7 Å². The number of halogens is 1.